The molecule has 6 heteroatoms. The van der Waals surface area contributed by atoms with Gasteiger partial charge in [0.1, 0.15) is 0 Å². The second-order valence-corrected chi connectivity index (χ2v) is 5.90. The van der Waals surface area contributed by atoms with Crippen molar-refractivity contribution in [3.05, 3.63) is 0 Å². The third-order valence-corrected chi connectivity index (χ3v) is 4.56. The average Bonchev–Trinajstić information content (AvgIpc) is 3.03. The van der Waals surface area contributed by atoms with Gasteiger partial charge in [0.2, 0.25) is 5.91 Å². The normalized spacial score (nSPS) is 33.2. The Labute approximate surface area is 118 Å². The number of carbonyl (C=O) groups is 3. The molecule has 2 rings (SSSR count). The van der Waals surface area contributed by atoms with E-state index in [0.29, 0.717) is 32.4 Å². The van der Waals surface area contributed by atoms with Crippen molar-refractivity contribution in [3.8, 4) is 0 Å². The Bertz CT molecular complexity index is 422. The fraction of sp³-hybridized carbons (Fsp3) is 0.786. The van der Waals surface area contributed by atoms with Crippen molar-refractivity contribution in [2.75, 3.05) is 20.2 Å². The number of likely N-dealkylation sites (tertiary alicyclic amines) is 1. The van der Waals surface area contributed by atoms with Crippen LogP contribution in [0.5, 0.6) is 0 Å². The van der Waals surface area contributed by atoms with Crippen molar-refractivity contribution in [1.29, 1.82) is 0 Å². The molecule has 0 aromatic heterocycles. The zero-order valence-electron chi connectivity index (χ0n) is 11.9. The zero-order chi connectivity index (χ0) is 14.9. The maximum Gasteiger partial charge on any atom is 0.310 e. The number of hydrogen-bond donors (Lipinski definition) is 1. The zero-order valence-corrected chi connectivity index (χ0v) is 11.9. The van der Waals surface area contributed by atoms with Gasteiger partial charge in [0.15, 0.2) is 0 Å². The standard InChI is InChI=1S/C14H21NO5/c1-8-6-15(7-11(8)14(19)20-2)12(16)9-3-4-10(5-9)13(17)18/h8-11H,3-7H2,1-2H3,(H,17,18)/t8?,9-,10+,11?/m1/s1. The predicted octanol–water partition coefficient (Wildman–Crippen LogP) is 0.755. The summed E-state index contributed by atoms with van der Waals surface area (Å²) >= 11 is 0. The lowest BCUT2D eigenvalue weighted by Crippen LogP contribution is -2.34. The van der Waals surface area contributed by atoms with Gasteiger partial charge in [0, 0.05) is 19.0 Å². The van der Waals surface area contributed by atoms with Crippen LogP contribution in [0.25, 0.3) is 0 Å². The Morgan fingerprint density at radius 3 is 2.35 bits per heavy atom. The Morgan fingerprint density at radius 2 is 1.80 bits per heavy atom. The summed E-state index contributed by atoms with van der Waals surface area (Å²) in [6, 6.07) is 0. The summed E-state index contributed by atoms with van der Waals surface area (Å²) in [6.45, 7) is 2.87. The van der Waals surface area contributed by atoms with Crippen LogP contribution in [0.1, 0.15) is 26.2 Å². The molecule has 6 nitrogen and oxygen atoms in total. The first-order valence-corrected chi connectivity index (χ1v) is 7.03. The van der Waals surface area contributed by atoms with Crippen LogP contribution in [0.2, 0.25) is 0 Å². The molecule has 2 aliphatic rings. The SMILES string of the molecule is COC(=O)C1CN(C(=O)[C@@H]2CC[C@H](C(=O)O)C2)CC1C. The van der Waals surface area contributed by atoms with E-state index < -0.39 is 11.9 Å². The van der Waals surface area contributed by atoms with E-state index in [1.54, 1.807) is 4.90 Å². The number of carbonyl (C=O) groups excluding carboxylic acids is 2. The number of methoxy groups -OCH3 is 1. The van der Waals surface area contributed by atoms with E-state index in [1.807, 2.05) is 6.92 Å². The minimum atomic E-state index is -0.817. The van der Waals surface area contributed by atoms with Crippen molar-refractivity contribution in [3.63, 3.8) is 0 Å². The molecule has 20 heavy (non-hydrogen) atoms. The van der Waals surface area contributed by atoms with E-state index in [2.05, 4.69) is 0 Å². The van der Waals surface area contributed by atoms with E-state index >= 15 is 0 Å². The van der Waals surface area contributed by atoms with Crippen LogP contribution in [-0.4, -0.2) is 48.1 Å². The lowest BCUT2D eigenvalue weighted by atomic mass is 9.99. The minimum Gasteiger partial charge on any atom is -0.481 e. The van der Waals surface area contributed by atoms with E-state index in [-0.39, 0.29) is 29.6 Å². The number of nitrogens with zero attached hydrogens (tertiary/aromatic N) is 1. The largest absolute Gasteiger partial charge is 0.481 e. The van der Waals surface area contributed by atoms with Crippen molar-refractivity contribution >= 4 is 17.8 Å². The molecule has 4 atom stereocenters. The van der Waals surface area contributed by atoms with Crippen LogP contribution in [-0.2, 0) is 19.1 Å². The molecule has 2 fully saturated rings. The van der Waals surface area contributed by atoms with Crippen LogP contribution < -0.4 is 0 Å². The van der Waals surface area contributed by atoms with Crippen molar-refractivity contribution in [2.24, 2.45) is 23.7 Å². The summed E-state index contributed by atoms with van der Waals surface area (Å²) in [6.07, 6.45) is 1.61. The van der Waals surface area contributed by atoms with Gasteiger partial charge in [0.05, 0.1) is 18.9 Å². The van der Waals surface area contributed by atoms with Crippen LogP contribution in [0.15, 0.2) is 0 Å². The monoisotopic (exact) mass is 283 g/mol. The molecule has 1 heterocycles. The Hall–Kier alpha value is -1.59. The van der Waals surface area contributed by atoms with Crippen molar-refractivity contribution in [1.82, 2.24) is 4.90 Å². The number of rotatable bonds is 3. The summed E-state index contributed by atoms with van der Waals surface area (Å²) in [5.74, 6) is -1.89. The minimum absolute atomic E-state index is 0.00740. The van der Waals surface area contributed by atoms with E-state index in [9.17, 15) is 14.4 Å². The molecule has 1 saturated heterocycles. The number of amides is 1. The summed E-state index contributed by atoms with van der Waals surface area (Å²) in [5.41, 5.74) is 0. The van der Waals surface area contributed by atoms with Gasteiger partial charge in [0.25, 0.3) is 0 Å². The van der Waals surface area contributed by atoms with E-state index in [0.717, 1.165) is 0 Å². The number of hydrogen-bond acceptors (Lipinski definition) is 4. The number of esters is 1. The van der Waals surface area contributed by atoms with Gasteiger partial charge in [-0.1, -0.05) is 6.92 Å². The molecule has 1 aliphatic carbocycles. The van der Waals surface area contributed by atoms with Gasteiger partial charge < -0.3 is 14.7 Å². The highest BCUT2D eigenvalue weighted by molar-refractivity contribution is 5.82. The van der Waals surface area contributed by atoms with Gasteiger partial charge in [-0.05, 0) is 25.2 Å². The quantitative estimate of drug-likeness (QED) is 0.773. The number of aliphatic carboxylic acids is 1. The molecule has 112 valence electrons. The number of carboxylic acids is 1. The second-order valence-electron chi connectivity index (χ2n) is 5.90. The molecule has 1 amide bonds. The molecule has 0 bridgehead atoms. The van der Waals surface area contributed by atoms with E-state index in [4.69, 9.17) is 9.84 Å². The molecule has 1 aliphatic heterocycles. The summed E-state index contributed by atoms with van der Waals surface area (Å²) in [5, 5.41) is 8.98. The maximum absolute atomic E-state index is 12.4. The number of ether oxygens (including phenoxy) is 1. The van der Waals surface area contributed by atoms with Crippen LogP contribution in [0, 0.1) is 23.7 Å². The topological polar surface area (TPSA) is 83.9 Å². The molecule has 0 radical (unpaired) electrons. The van der Waals surface area contributed by atoms with Gasteiger partial charge in [-0.15, -0.1) is 0 Å². The first-order chi connectivity index (χ1) is 9.43. The van der Waals surface area contributed by atoms with Crippen molar-refractivity contribution < 1.29 is 24.2 Å². The Kier molecular flexibility index (Phi) is 4.30. The lowest BCUT2D eigenvalue weighted by Gasteiger charge is -2.20. The summed E-state index contributed by atoms with van der Waals surface area (Å²) < 4.78 is 4.75. The van der Waals surface area contributed by atoms with Gasteiger partial charge in [-0.25, -0.2) is 0 Å². The van der Waals surface area contributed by atoms with Crippen LogP contribution >= 0.6 is 0 Å². The average molecular weight is 283 g/mol. The summed E-state index contributed by atoms with van der Waals surface area (Å²) in [7, 11) is 1.36. The Morgan fingerprint density at radius 1 is 1.15 bits per heavy atom. The third kappa shape index (κ3) is 2.78. The van der Waals surface area contributed by atoms with Crippen molar-refractivity contribution in [2.45, 2.75) is 26.2 Å². The highest BCUT2D eigenvalue weighted by Crippen LogP contribution is 2.34. The number of carboxylic acid groups (broad SMARTS) is 1. The molecular formula is C14H21NO5. The fourth-order valence-corrected chi connectivity index (χ4v) is 3.29. The lowest BCUT2D eigenvalue weighted by molar-refractivity contribution is -0.146. The fourth-order valence-electron chi connectivity index (χ4n) is 3.29. The molecule has 0 aromatic rings. The Balaban J connectivity index is 1.95. The van der Waals surface area contributed by atoms with E-state index in [1.165, 1.54) is 7.11 Å². The first-order valence-electron chi connectivity index (χ1n) is 7.03. The molecule has 1 N–H and O–H groups in total. The molecule has 2 unspecified atom stereocenters. The summed E-state index contributed by atoms with van der Waals surface area (Å²) in [4.78, 5) is 36.6. The van der Waals surface area contributed by atoms with Gasteiger partial charge in [-0.3, -0.25) is 14.4 Å². The molecule has 1 saturated carbocycles. The first kappa shape index (κ1) is 14.8. The molecule has 0 spiro atoms. The van der Waals surface area contributed by atoms with Gasteiger partial charge >= 0.3 is 11.9 Å². The van der Waals surface area contributed by atoms with Crippen LogP contribution in [0.4, 0.5) is 0 Å². The van der Waals surface area contributed by atoms with Gasteiger partial charge in [-0.2, -0.15) is 0 Å². The second kappa shape index (κ2) is 5.81. The smallest absolute Gasteiger partial charge is 0.310 e. The van der Waals surface area contributed by atoms with Crippen LogP contribution in [0.3, 0.4) is 0 Å². The highest BCUT2D eigenvalue weighted by Gasteiger charge is 2.42. The third-order valence-electron chi connectivity index (χ3n) is 4.56. The molecular weight excluding hydrogens is 262 g/mol. The predicted molar refractivity (Wildman–Crippen MR) is 69.7 cm³/mol. The maximum atomic E-state index is 12.4. The highest BCUT2D eigenvalue weighted by atomic mass is 16.5. The molecule has 0 aromatic carbocycles.